The number of ether oxygens (including phenoxy) is 1. The molecule has 7 heteroatoms. The summed E-state index contributed by atoms with van der Waals surface area (Å²) >= 11 is 0. The van der Waals surface area contributed by atoms with Crippen LogP contribution in [0.4, 0.5) is 10.3 Å². The fourth-order valence-electron chi connectivity index (χ4n) is 1.37. The molecule has 6 nitrogen and oxygen atoms in total. The predicted octanol–water partition coefficient (Wildman–Crippen LogP) is 1.51. The Morgan fingerprint density at radius 1 is 1.50 bits per heavy atom. The van der Waals surface area contributed by atoms with Crippen molar-refractivity contribution in [2.75, 3.05) is 12.4 Å². The highest BCUT2D eigenvalue weighted by molar-refractivity contribution is 6.03. The third-order valence-corrected chi connectivity index (χ3v) is 2.25. The third-order valence-electron chi connectivity index (χ3n) is 2.25. The van der Waals surface area contributed by atoms with Gasteiger partial charge in [0.1, 0.15) is 5.82 Å². The van der Waals surface area contributed by atoms with Crippen LogP contribution in [0.3, 0.4) is 0 Å². The smallest absolute Gasteiger partial charge is 0.336 e. The summed E-state index contributed by atoms with van der Waals surface area (Å²) in [4.78, 5) is 15.6. The number of aromatic nitrogens is 3. The van der Waals surface area contributed by atoms with Crippen molar-refractivity contribution in [3.05, 3.63) is 35.1 Å². The van der Waals surface area contributed by atoms with E-state index in [1.807, 2.05) is 0 Å². The number of carbonyl (C=O) groups is 1. The SMILES string of the molecule is COc1n[nH]c(NC(=O)c2ccc(C)cc2F)n1. The molecule has 0 saturated heterocycles. The first-order chi connectivity index (χ1) is 8.60. The Balaban J connectivity index is 2.16. The van der Waals surface area contributed by atoms with Crippen LogP contribution in [-0.2, 0) is 0 Å². The number of H-pyrrole nitrogens is 1. The minimum atomic E-state index is -0.605. The minimum absolute atomic E-state index is 0.0593. The molecule has 0 bridgehead atoms. The summed E-state index contributed by atoms with van der Waals surface area (Å²) in [6, 6.07) is 4.44. The van der Waals surface area contributed by atoms with E-state index in [-0.39, 0.29) is 17.5 Å². The van der Waals surface area contributed by atoms with Crippen LogP contribution >= 0.6 is 0 Å². The summed E-state index contributed by atoms with van der Waals surface area (Å²) in [6.07, 6.45) is 0. The highest BCUT2D eigenvalue weighted by Crippen LogP contribution is 2.12. The van der Waals surface area contributed by atoms with Gasteiger partial charge in [0.2, 0.25) is 5.95 Å². The van der Waals surface area contributed by atoms with Gasteiger partial charge in [0, 0.05) is 0 Å². The lowest BCUT2D eigenvalue weighted by Gasteiger charge is -2.03. The zero-order valence-corrected chi connectivity index (χ0v) is 9.82. The van der Waals surface area contributed by atoms with Crippen LogP contribution in [0.25, 0.3) is 0 Å². The second kappa shape index (κ2) is 4.82. The van der Waals surface area contributed by atoms with Crippen molar-refractivity contribution in [1.29, 1.82) is 0 Å². The van der Waals surface area contributed by atoms with Gasteiger partial charge in [-0.25, -0.2) is 9.49 Å². The van der Waals surface area contributed by atoms with E-state index in [4.69, 9.17) is 4.74 Å². The predicted molar refractivity (Wildman–Crippen MR) is 62.0 cm³/mol. The molecule has 0 unspecified atom stereocenters. The molecule has 18 heavy (non-hydrogen) atoms. The summed E-state index contributed by atoms with van der Waals surface area (Å²) in [5.41, 5.74) is 0.682. The van der Waals surface area contributed by atoms with Crippen LogP contribution < -0.4 is 10.1 Å². The van der Waals surface area contributed by atoms with Gasteiger partial charge in [-0.2, -0.15) is 4.98 Å². The van der Waals surface area contributed by atoms with Crippen molar-refractivity contribution in [3.8, 4) is 6.01 Å². The molecule has 0 saturated carbocycles. The molecule has 0 radical (unpaired) electrons. The molecule has 1 aromatic carbocycles. The van der Waals surface area contributed by atoms with Crippen LogP contribution in [0.15, 0.2) is 18.2 Å². The van der Waals surface area contributed by atoms with E-state index in [2.05, 4.69) is 20.5 Å². The summed E-state index contributed by atoms with van der Waals surface area (Å²) in [7, 11) is 1.40. The zero-order valence-electron chi connectivity index (χ0n) is 9.82. The lowest BCUT2D eigenvalue weighted by molar-refractivity contribution is 0.102. The van der Waals surface area contributed by atoms with Crippen LogP contribution in [-0.4, -0.2) is 28.2 Å². The molecular weight excluding hydrogens is 239 g/mol. The molecule has 2 rings (SSSR count). The van der Waals surface area contributed by atoms with Gasteiger partial charge in [-0.1, -0.05) is 6.07 Å². The molecule has 0 aliphatic heterocycles. The van der Waals surface area contributed by atoms with Crippen molar-refractivity contribution in [2.24, 2.45) is 0 Å². The average molecular weight is 250 g/mol. The monoisotopic (exact) mass is 250 g/mol. The number of methoxy groups -OCH3 is 1. The summed E-state index contributed by atoms with van der Waals surface area (Å²) in [6.45, 7) is 1.74. The number of carbonyl (C=O) groups excluding carboxylic acids is 1. The van der Waals surface area contributed by atoms with E-state index in [9.17, 15) is 9.18 Å². The van der Waals surface area contributed by atoms with Crippen molar-refractivity contribution < 1.29 is 13.9 Å². The second-order valence-corrected chi connectivity index (χ2v) is 3.61. The van der Waals surface area contributed by atoms with Crippen LogP contribution in [0.2, 0.25) is 0 Å². The number of amides is 1. The van der Waals surface area contributed by atoms with Crippen molar-refractivity contribution in [1.82, 2.24) is 15.2 Å². The highest BCUT2D eigenvalue weighted by atomic mass is 19.1. The molecule has 94 valence electrons. The summed E-state index contributed by atoms with van der Waals surface area (Å²) in [5.74, 6) is -1.10. The highest BCUT2D eigenvalue weighted by Gasteiger charge is 2.13. The Bertz CT molecular complexity index is 582. The number of nitrogens with one attached hydrogen (secondary N) is 2. The zero-order chi connectivity index (χ0) is 13.1. The fraction of sp³-hybridized carbons (Fsp3) is 0.182. The number of halogens is 1. The van der Waals surface area contributed by atoms with Gasteiger partial charge in [0.25, 0.3) is 5.91 Å². The summed E-state index contributed by atoms with van der Waals surface area (Å²) in [5, 5.41) is 8.48. The molecular formula is C11H11FN4O2. The largest absolute Gasteiger partial charge is 0.466 e. The number of hydrogen-bond donors (Lipinski definition) is 2. The fourth-order valence-corrected chi connectivity index (χ4v) is 1.37. The van der Waals surface area contributed by atoms with Gasteiger partial charge in [0.15, 0.2) is 0 Å². The lowest BCUT2D eigenvalue weighted by atomic mass is 10.1. The van der Waals surface area contributed by atoms with Crippen LogP contribution in [0, 0.1) is 12.7 Å². The Kier molecular flexibility index (Phi) is 3.22. The van der Waals surface area contributed by atoms with Gasteiger partial charge >= 0.3 is 6.01 Å². The van der Waals surface area contributed by atoms with Crippen molar-refractivity contribution >= 4 is 11.9 Å². The Hall–Kier alpha value is -2.44. The van der Waals surface area contributed by atoms with E-state index in [1.54, 1.807) is 13.0 Å². The van der Waals surface area contributed by atoms with Gasteiger partial charge in [-0.3, -0.25) is 10.1 Å². The molecule has 0 aliphatic carbocycles. The van der Waals surface area contributed by atoms with Gasteiger partial charge in [0.05, 0.1) is 12.7 Å². The molecule has 0 fully saturated rings. The van der Waals surface area contributed by atoms with Gasteiger partial charge in [-0.15, -0.1) is 5.10 Å². The number of nitrogens with zero attached hydrogens (tertiary/aromatic N) is 2. The minimum Gasteiger partial charge on any atom is -0.466 e. The average Bonchev–Trinajstić information content (AvgIpc) is 2.76. The molecule has 0 atom stereocenters. The number of rotatable bonds is 3. The van der Waals surface area contributed by atoms with E-state index in [0.717, 1.165) is 5.56 Å². The molecule has 1 amide bonds. The van der Waals surface area contributed by atoms with E-state index < -0.39 is 11.7 Å². The van der Waals surface area contributed by atoms with E-state index in [1.165, 1.54) is 19.2 Å². The van der Waals surface area contributed by atoms with Gasteiger partial charge in [-0.05, 0) is 24.6 Å². The molecule has 2 aromatic rings. The number of aromatic amines is 1. The van der Waals surface area contributed by atoms with Gasteiger partial charge < -0.3 is 4.74 Å². The maximum absolute atomic E-state index is 13.5. The maximum Gasteiger partial charge on any atom is 0.336 e. The van der Waals surface area contributed by atoms with E-state index in [0.29, 0.717) is 0 Å². The number of aryl methyl sites for hydroxylation is 1. The quantitative estimate of drug-likeness (QED) is 0.865. The Morgan fingerprint density at radius 2 is 2.28 bits per heavy atom. The maximum atomic E-state index is 13.5. The Labute approximate surface area is 102 Å². The molecule has 1 aromatic heterocycles. The first-order valence-corrected chi connectivity index (χ1v) is 5.14. The lowest BCUT2D eigenvalue weighted by Crippen LogP contribution is -2.14. The topological polar surface area (TPSA) is 79.9 Å². The molecule has 1 heterocycles. The van der Waals surface area contributed by atoms with Crippen LogP contribution in [0.5, 0.6) is 6.01 Å². The van der Waals surface area contributed by atoms with Crippen LogP contribution in [0.1, 0.15) is 15.9 Å². The number of hydrogen-bond acceptors (Lipinski definition) is 4. The first-order valence-electron chi connectivity index (χ1n) is 5.14. The first kappa shape index (κ1) is 12.0. The number of benzene rings is 1. The molecule has 0 aliphatic rings. The normalized spacial score (nSPS) is 10.2. The van der Waals surface area contributed by atoms with Crippen molar-refractivity contribution in [3.63, 3.8) is 0 Å². The Morgan fingerprint density at radius 3 is 2.89 bits per heavy atom. The van der Waals surface area contributed by atoms with Crippen molar-refractivity contribution in [2.45, 2.75) is 6.92 Å². The third kappa shape index (κ3) is 2.45. The molecule has 2 N–H and O–H groups in total. The standard InChI is InChI=1S/C11H11FN4O2/c1-6-3-4-7(8(12)5-6)9(17)13-10-14-11(18-2)16-15-10/h3-5H,1-2H3,(H2,13,14,15,16,17). The van der Waals surface area contributed by atoms with E-state index >= 15 is 0 Å². The molecule has 0 spiro atoms. The number of anilines is 1. The summed E-state index contributed by atoms with van der Waals surface area (Å²) < 4.78 is 18.3. The second-order valence-electron chi connectivity index (χ2n) is 3.61.